The van der Waals surface area contributed by atoms with E-state index in [1.165, 1.54) is 24.0 Å². The van der Waals surface area contributed by atoms with Crippen molar-refractivity contribution in [2.24, 2.45) is 4.99 Å². The van der Waals surface area contributed by atoms with E-state index in [4.69, 9.17) is 0 Å². The van der Waals surface area contributed by atoms with Crippen molar-refractivity contribution >= 4 is 5.96 Å². The maximum absolute atomic E-state index is 4.40. The van der Waals surface area contributed by atoms with E-state index in [1.54, 1.807) is 0 Å². The van der Waals surface area contributed by atoms with E-state index < -0.39 is 0 Å². The zero-order chi connectivity index (χ0) is 17.2. The lowest BCUT2D eigenvalue weighted by Gasteiger charge is -2.24. The molecular weight excluding hydrogens is 284 g/mol. The van der Waals surface area contributed by atoms with E-state index in [2.05, 4.69) is 79.2 Å². The Morgan fingerprint density at radius 2 is 1.83 bits per heavy atom. The predicted molar refractivity (Wildman–Crippen MR) is 101 cm³/mol. The van der Waals surface area contributed by atoms with Crippen LogP contribution in [0.25, 0.3) is 0 Å². The van der Waals surface area contributed by atoms with Gasteiger partial charge in [-0.1, -0.05) is 37.6 Å². The van der Waals surface area contributed by atoms with Crippen LogP contribution in [0.5, 0.6) is 0 Å². The van der Waals surface area contributed by atoms with Crippen molar-refractivity contribution in [3.8, 4) is 0 Å². The molecule has 0 aromatic heterocycles. The second kappa shape index (κ2) is 10.3. The highest BCUT2D eigenvalue weighted by Crippen LogP contribution is 2.12. The van der Waals surface area contributed by atoms with Crippen molar-refractivity contribution in [1.82, 2.24) is 15.1 Å². The van der Waals surface area contributed by atoms with Crippen LogP contribution in [-0.2, 0) is 13.1 Å². The van der Waals surface area contributed by atoms with Crippen molar-refractivity contribution in [2.75, 3.05) is 27.7 Å². The maximum atomic E-state index is 4.40. The van der Waals surface area contributed by atoms with Gasteiger partial charge in [0.15, 0.2) is 5.96 Å². The average Bonchev–Trinajstić information content (AvgIpc) is 2.54. The molecular formula is C19H34N4. The van der Waals surface area contributed by atoms with Gasteiger partial charge < -0.3 is 10.2 Å². The molecule has 0 bridgehead atoms. The number of aliphatic imine (C=N–C) groups is 1. The molecule has 0 saturated carbocycles. The summed E-state index contributed by atoms with van der Waals surface area (Å²) in [5.74, 6) is 0.963. The molecule has 0 amide bonds. The van der Waals surface area contributed by atoms with Gasteiger partial charge in [0, 0.05) is 39.8 Å². The molecule has 0 spiro atoms. The van der Waals surface area contributed by atoms with Crippen LogP contribution < -0.4 is 5.32 Å². The number of unbranched alkanes of at least 4 members (excludes halogenated alkanes) is 1. The van der Waals surface area contributed by atoms with Gasteiger partial charge in [-0.05, 0) is 38.4 Å². The molecule has 1 aromatic rings. The van der Waals surface area contributed by atoms with Crippen molar-refractivity contribution in [2.45, 2.75) is 52.7 Å². The van der Waals surface area contributed by atoms with Crippen LogP contribution >= 0.6 is 0 Å². The molecule has 1 aromatic carbocycles. The first kappa shape index (κ1) is 19.5. The lowest BCUT2D eigenvalue weighted by Crippen LogP contribution is -2.39. The van der Waals surface area contributed by atoms with E-state index in [9.17, 15) is 0 Å². The normalized spacial score (nSPS) is 12.1. The second-order valence-electron chi connectivity index (χ2n) is 6.45. The summed E-state index contributed by atoms with van der Waals surface area (Å²) in [5, 5.41) is 3.49. The van der Waals surface area contributed by atoms with Crippen LogP contribution in [0.3, 0.4) is 0 Å². The summed E-state index contributed by atoms with van der Waals surface area (Å²) in [4.78, 5) is 8.96. The average molecular weight is 319 g/mol. The van der Waals surface area contributed by atoms with E-state index in [0.717, 1.165) is 25.6 Å². The first-order valence-electron chi connectivity index (χ1n) is 8.68. The van der Waals surface area contributed by atoms with E-state index in [1.807, 2.05) is 7.05 Å². The molecule has 0 aliphatic rings. The number of guanidine groups is 1. The quantitative estimate of drug-likeness (QED) is 0.589. The Labute approximate surface area is 142 Å². The highest BCUT2D eigenvalue weighted by atomic mass is 15.3. The molecule has 1 N–H and O–H groups in total. The molecule has 0 heterocycles. The zero-order valence-corrected chi connectivity index (χ0v) is 15.8. The maximum Gasteiger partial charge on any atom is 0.193 e. The first-order valence-corrected chi connectivity index (χ1v) is 8.68. The summed E-state index contributed by atoms with van der Waals surface area (Å²) in [7, 11) is 6.12. The van der Waals surface area contributed by atoms with Gasteiger partial charge in [0.2, 0.25) is 0 Å². The van der Waals surface area contributed by atoms with Gasteiger partial charge in [-0.2, -0.15) is 0 Å². The van der Waals surface area contributed by atoms with Crippen molar-refractivity contribution in [3.63, 3.8) is 0 Å². The molecule has 4 nitrogen and oxygen atoms in total. The molecule has 1 rings (SSSR count). The molecule has 0 aliphatic heterocycles. The SMILES string of the molecule is CCCCN(C)C(=NC)NCc1ccccc1CN(C)C(C)C. The smallest absolute Gasteiger partial charge is 0.193 e. The van der Waals surface area contributed by atoms with E-state index in [0.29, 0.717) is 6.04 Å². The third-order valence-electron chi connectivity index (χ3n) is 4.28. The molecule has 0 saturated heterocycles. The first-order chi connectivity index (χ1) is 11.0. The van der Waals surface area contributed by atoms with Crippen LogP contribution in [0.2, 0.25) is 0 Å². The summed E-state index contributed by atoms with van der Waals surface area (Å²) in [5.41, 5.74) is 2.72. The van der Waals surface area contributed by atoms with Crippen LogP contribution in [0.1, 0.15) is 44.7 Å². The second-order valence-corrected chi connectivity index (χ2v) is 6.45. The topological polar surface area (TPSA) is 30.9 Å². The fourth-order valence-electron chi connectivity index (χ4n) is 2.40. The fraction of sp³-hybridized carbons (Fsp3) is 0.632. The standard InChI is InChI=1S/C19H34N4/c1-7-8-13-22(5)19(20-4)21-14-17-11-9-10-12-18(17)15-23(6)16(2)3/h9-12,16H,7-8,13-15H2,1-6H3,(H,20,21). The summed E-state index contributed by atoms with van der Waals surface area (Å²) < 4.78 is 0. The molecule has 0 atom stereocenters. The monoisotopic (exact) mass is 318 g/mol. The third kappa shape index (κ3) is 6.61. The van der Waals surface area contributed by atoms with Gasteiger partial charge in [0.25, 0.3) is 0 Å². The molecule has 130 valence electrons. The fourth-order valence-corrected chi connectivity index (χ4v) is 2.40. The Morgan fingerprint density at radius 1 is 1.17 bits per heavy atom. The number of benzene rings is 1. The Balaban J connectivity index is 2.69. The lowest BCUT2D eigenvalue weighted by atomic mass is 10.1. The van der Waals surface area contributed by atoms with Crippen molar-refractivity contribution < 1.29 is 0 Å². The predicted octanol–water partition coefficient (Wildman–Crippen LogP) is 3.33. The summed E-state index contributed by atoms with van der Waals surface area (Å²) in [6.07, 6.45) is 2.39. The van der Waals surface area contributed by atoms with Crippen LogP contribution in [0.15, 0.2) is 29.3 Å². The lowest BCUT2D eigenvalue weighted by molar-refractivity contribution is 0.265. The van der Waals surface area contributed by atoms with Gasteiger partial charge in [-0.15, -0.1) is 0 Å². The van der Waals surface area contributed by atoms with Gasteiger partial charge in [-0.25, -0.2) is 0 Å². The Morgan fingerprint density at radius 3 is 2.39 bits per heavy atom. The Kier molecular flexibility index (Phi) is 8.70. The Bertz CT molecular complexity index is 482. The van der Waals surface area contributed by atoms with Crippen molar-refractivity contribution in [3.05, 3.63) is 35.4 Å². The van der Waals surface area contributed by atoms with Crippen LogP contribution in [-0.4, -0.2) is 49.5 Å². The molecule has 0 fully saturated rings. The number of nitrogens with zero attached hydrogens (tertiary/aromatic N) is 3. The summed E-state index contributed by atoms with van der Waals surface area (Å²) >= 11 is 0. The highest BCUT2D eigenvalue weighted by Gasteiger charge is 2.10. The molecule has 4 heteroatoms. The number of nitrogens with one attached hydrogen (secondary N) is 1. The third-order valence-corrected chi connectivity index (χ3v) is 4.28. The van der Waals surface area contributed by atoms with Gasteiger partial charge >= 0.3 is 0 Å². The summed E-state index contributed by atoms with van der Waals surface area (Å²) in [6, 6.07) is 9.20. The molecule has 0 radical (unpaired) electrons. The largest absolute Gasteiger partial charge is 0.352 e. The number of hydrogen-bond acceptors (Lipinski definition) is 2. The minimum atomic E-state index is 0.545. The highest BCUT2D eigenvalue weighted by molar-refractivity contribution is 5.79. The Hall–Kier alpha value is -1.55. The zero-order valence-electron chi connectivity index (χ0n) is 15.8. The van der Waals surface area contributed by atoms with Crippen LogP contribution in [0.4, 0.5) is 0 Å². The molecule has 0 aliphatic carbocycles. The summed E-state index contributed by atoms with van der Waals surface area (Å²) in [6.45, 7) is 9.49. The van der Waals surface area contributed by atoms with Crippen molar-refractivity contribution in [1.29, 1.82) is 0 Å². The van der Waals surface area contributed by atoms with Gasteiger partial charge in [0.1, 0.15) is 0 Å². The molecule has 23 heavy (non-hydrogen) atoms. The minimum absolute atomic E-state index is 0.545. The van der Waals surface area contributed by atoms with Crippen LogP contribution in [0, 0.1) is 0 Å². The number of hydrogen-bond donors (Lipinski definition) is 1. The van der Waals surface area contributed by atoms with E-state index in [-0.39, 0.29) is 0 Å². The molecule has 0 unspecified atom stereocenters. The minimum Gasteiger partial charge on any atom is -0.352 e. The number of rotatable bonds is 8. The van der Waals surface area contributed by atoms with Gasteiger partial charge in [0.05, 0.1) is 0 Å². The van der Waals surface area contributed by atoms with E-state index >= 15 is 0 Å². The van der Waals surface area contributed by atoms with Gasteiger partial charge in [-0.3, -0.25) is 9.89 Å².